The number of nitrogens with one attached hydrogen (secondary N) is 1. The summed E-state index contributed by atoms with van der Waals surface area (Å²) in [5.74, 6) is 0. The Labute approximate surface area is 119 Å². The van der Waals surface area contributed by atoms with Crippen LogP contribution in [0.3, 0.4) is 0 Å². The van der Waals surface area contributed by atoms with Crippen LogP contribution in [0.4, 0.5) is 0 Å². The van der Waals surface area contributed by atoms with Crippen LogP contribution >= 0.6 is 11.3 Å². The van der Waals surface area contributed by atoms with Crippen LogP contribution in [-0.4, -0.2) is 26.3 Å². The van der Waals surface area contributed by atoms with Crippen molar-refractivity contribution in [1.82, 2.24) is 5.32 Å². The molecule has 19 heavy (non-hydrogen) atoms. The first-order valence-electron chi connectivity index (χ1n) is 7.05. The summed E-state index contributed by atoms with van der Waals surface area (Å²) in [7, 11) is 2.06. The molecule has 0 amide bonds. The number of benzene rings is 1. The van der Waals surface area contributed by atoms with E-state index >= 15 is 0 Å². The lowest BCUT2D eigenvalue weighted by molar-refractivity contribution is 0.141. The van der Waals surface area contributed by atoms with Crippen LogP contribution in [0.5, 0.6) is 0 Å². The molecule has 2 rings (SSSR count). The minimum atomic E-state index is 0.540. The molecule has 1 aromatic carbocycles. The van der Waals surface area contributed by atoms with Gasteiger partial charge in [-0.3, -0.25) is 0 Å². The fourth-order valence-corrected chi connectivity index (χ4v) is 3.36. The average molecular weight is 277 g/mol. The monoisotopic (exact) mass is 277 g/mol. The maximum Gasteiger partial charge on any atom is 0.0466 e. The van der Waals surface area contributed by atoms with Gasteiger partial charge in [-0.2, -0.15) is 0 Å². The van der Waals surface area contributed by atoms with Crippen LogP contribution in [-0.2, 0) is 11.2 Å². The van der Waals surface area contributed by atoms with Gasteiger partial charge in [0.15, 0.2) is 0 Å². The molecule has 1 heterocycles. The Bertz CT molecular complexity index is 494. The molecular formula is C16H23NOS. The molecule has 2 nitrogen and oxygen atoms in total. The van der Waals surface area contributed by atoms with Crippen molar-refractivity contribution in [1.29, 1.82) is 0 Å². The third kappa shape index (κ3) is 4.03. The van der Waals surface area contributed by atoms with E-state index in [9.17, 15) is 0 Å². The molecule has 0 saturated heterocycles. The molecule has 0 aliphatic rings. The number of rotatable bonds is 8. The van der Waals surface area contributed by atoms with Crippen LogP contribution in [0.2, 0.25) is 0 Å². The van der Waals surface area contributed by atoms with E-state index in [2.05, 4.69) is 42.0 Å². The van der Waals surface area contributed by atoms with Crippen molar-refractivity contribution in [3.8, 4) is 0 Å². The third-order valence-electron chi connectivity index (χ3n) is 3.48. The van der Waals surface area contributed by atoms with Gasteiger partial charge in [0.05, 0.1) is 0 Å². The zero-order valence-electron chi connectivity index (χ0n) is 11.8. The average Bonchev–Trinajstić information content (AvgIpc) is 2.85. The second-order valence-electron chi connectivity index (χ2n) is 4.79. The second kappa shape index (κ2) is 7.63. The molecule has 0 bridgehead atoms. The van der Waals surface area contributed by atoms with Crippen LogP contribution < -0.4 is 5.32 Å². The largest absolute Gasteiger partial charge is 0.382 e. The lowest BCUT2D eigenvalue weighted by atomic mass is 10.0. The van der Waals surface area contributed by atoms with Crippen molar-refractivity contribution < 1.29 is 4.74 Å². The number of hydrogen-bond acceptors (Lipinski definition) is 3. The Balaban J connectivity index is 1.94. The van der Waals surface area contributed by atoms with Gasteiger partial charge in [0.2, 0.25) is 0 Å². The summed E-state index contributed by atoms with van der Waals surface area (Å²) in [5.41, 5.74) is 1.47. The van der Waals surface area contributed by atoms with Crippen LogP contribution in [0.25, 0.3) is 10.1 Å². The van der Waals surface area contributed by atoms with E-state index in [0.29, 0.717) is 6.04 Å². The predicted octanol–water partition coefficient (Wildman–Crippen LogP) is 3.85. The number of ether oxygens (including phenoxy) is 1. The SMILES string of the molecule is CCOCCCC(Cc1csc2ccccc12)NC. The highest BCUT2D eigenvalue weighted by atomic mass is 32.1. The lowest BCUT2D eigenvalue weighted by Gasteiger charge is -2.15. The zero-order chi connectivity index (χ0) is 13.5. The second-order valence-corrected chi connectivity index (χ2v) is 5.70. The van der Waals surface area contributed by atoms with Gasteiger partial charge in [0.25, 0.3) is 0 Å². The Morgan fingerprint density at radius 1 is 1.32 bits per heavy atom. The topological polar surface area (TPSA) is 21.3 Å². The molecule has 1 aromatic heterocycles. The highest BCUT2D eigenvalue weighted by molar-refractivity contribution is 7.17. The van der Waals surface area contributed by atoms with E-state index in [1.165, 1.54) is 22.1 Å². The summed E-state index contributed by atoms with van der Waals surface area (Å²) in [6.07, 6.45) is 3.40. The van der Waals surface area contributed by atoms with Crippen LogP contribution in [0, 0.1) is 0 Å². The highest BCUT2D eigenvalue weighted by Crippen LogP contribution is 2.27. The molecule has 0 aliphatic carbocycles. The molecule has 0 saturated carbocycles. The summed E-state index contributed by atoms with van der Waals surface area (Å²) in [6.45, 7) is 3.74. The molecule has 104 valence electrons. The Hall–Kier alpha value is -0.900. The zero-order valence-corrected chi connectivity index (χ0v) is 12.6. The summed E-state index contributed by atoms with van der Waals surface area (Å²) < 4.78 is 6.80. The number of thiophene rings is 1. The van der Waals surface area contributed by atoms with Gasteiger partial charge in [-0.25, -0.2) is 0 Å². The predicted molar refractivity (Wildman–Crippen MR) is 84.1 cm³/mol. The molecule has 1 N–H and O–H groups in total. The maximum absolute atomic E-state index is 5.41. The summed E-state index contributed by atoms with van der Waals surface area (Å²) >= 11 is 1.85. The molecule has 0 spiro atoms. The molecule has 1 atom stereocenters. The van der Waals surface area contributed by atoms with Crippen LogP contribution in [0.1, 0.15) is 25.3 Å². The van der Waals surface area contributed by atoms with Gasteiger partial charge in [0.1, 0.15) is 0 Å². The molecule has 3 heteroatoms. The van der Waals surface area contributed by atoms with Gasteiger partial charge in [-0.05, 0) is 55.6 Å². The maximum atomic E-state index is 5.41. The first kappa shape index (κ1) is 14.5. The van der Waals surface area contributed by atoms with E-state index in [1.54, 1.807) is 0 Å². The van der Waals surface area contributed by atoms with E-state index in [-0.39, 0.29) is 0 Å². The van der Waals surface area contributed by atoms with E-state index in [1.807, 2.05) is 18.3 Å². The Morgan fingerprint density at radius 2 is 2.16 bits per heavy atom. The van der Waals surface area contributed by atoms with Gasteiger partial charge in [-0.1, -0.05) is 18.2 Å². The number of fused-ring (bicyclic) bond motifs is 1. The Kier molecular flexibility index (Phi) is 5.83. The third-order valence-corrected chi connectivity index (χ3v) is 4.49. The standard InChI is InChI=1S/C16H23NOS/c1-3-18-10-6-7-14(17-2)11-13-12-19-16-9-5-4-8-15(13)16/h4-5,8-9,12,14,17H,3,6-7,10-11H2,1-2H3. The summed E-state index contributed by atoms with van der Waals surface area (Å²) in [6, 6.07) is 9.21. The highest BCUT2D eigenvalue weighted by Gasteiger charge is 2.10. The van der Waals surface area contributed by atoms with Gasteiger partial charge in [0, 0.05) is 24.0 Å². The van der Waals surface area contributed by atoms with Crippen molar-refractivity contribution >= 4 is 21.4 Å². The van der Waals surface area contributed by atoms with E-state index in [0.717, 1.165) is 26.1 Å². The number of hydrogen-bond donors (Lipinski definition) is 1. The normalized spacial score (nSPS) is 12.9. The minimum Gasteiger partial charge on any atom is -0.382 e. The lowest BCUT2D eigenvalue weighted by Crippen LogP contribution is -2.27. The molecule has 2 aromatic rings. The quantitative estimate of drug-likeness (QED) is 0.740. The summed E-state index contributed by atoms with van der Waals surface area (Å²) in [5, 5.41) is 7.15. The van der Waals surface area contributed by atoms with Gasteiger partial charge >= 0.3 is 0 Å². The molecule has 0 fully saturated rings. The summed E-state index contributed by atoms with van der Waals surface area (Å²) in [4.78, 5) is 0. The molecular weight excluding hydrogens is 254 g/mol. The number of likely N-dealkylation sites (N-methyl/N-ethyl adjacent to an activating group) is 1. The molecule has 1 unspecified atom stereocenters. The molecule has 0 aliphatic heterocycles. The van der Waals surface area contributed by atoms with Gasteiger partial charge in [-0.15, -0.1) is 11.3 Å². The minimum absolute atomic E-state index is 0.540. The fourth-order valence-electron chi connectivity index (χ4n) is 2.38. The first-order chi connectivity index (χ1) is 9.35. The smallest absolute Gasteiger partial charge is 0.0466 e. The first-order valence-corrected chi connectivity index (χ1v) is 7.93. The van der Waals surface area contributed by atoms with Gasteiger partial charge < -0.3 is 10.1 Å². The fraction of sp³-hybridized carbons (Fsp3) is 0.500. The van der Waals surface area contributed by atoms with Crippen molar-refractivity contribution in [2.24, 2.45) is 0 Å². The van der Waals surface area contributed by atoms with Crippen molar-refractivity contribution in [2.75, 3.05) is 20.3 Å². The van der Waals surface area contributed by atoms with Crippen molar-refractivity contribution in [3.05, 3.63) is 35.2 Å². The van der Waals surface area contributed by atoms with Crippen LogP contribution in [0.15, 0.2) is 29.6 Å². The van der Waals surface area contributed by atoms with E-state index in [4.69, 9.17) is 4.74 Å². The Morgan fingerprint density at radius 3 is 2.95 bits per heavy atom. The van der Waals surface area contributed by atoms with Crippen molar-refractivity contribution in [2.45, 2.75) is 32.2 Å². The van der Waals surface area contributed by atoms with Crippen molar-refractivity contribution in [3.63, 3.8) is 0 Å². The van der Waals surface area contributed by atoms with E-state index < -0.39 is 0 Å². The molecule has 0 radical (unpaired) electrons.